The third-order valence-corrected chi connectivity index (χ3v) is 5.28. The van der Waals surface area contributed by atoms with Crippen LogP contribution in [0.1, 0.15) is 49.4 Å². The molecule has 0 radical (unpaired) electrons. The van der Waals surface area contributed by atoms with Crippen LogP contribution < -0.4 is 11.5 Å². The van der Waals surface area contributed by atoms with Crippen LogP contribution in [0.25, 0.3) is 11.8 Å². The Morgan fingerprint density at radius 3 is 2.77 bits per heavy atom. The molecular formula is C24H34N4O3. The SMILES string of the molecule is C=CC(=O)N(C)CCC1CC(c2cc(/C=C(\N)c3ccccc3O)c(N)[nH]2)CO1.CC. The van der Waals surface area contributed by atoms with Crippen LogP contribution in [0, 0.1) is 0 Å². The van der Waals surface area contributed by atoms with Crippen LogP contribution in [-0.4, -0.2) is 47.2 Å². The standard InChI is InChI=1S/C22H28N4O3.C2H6/c1-3-21(28)26(2)9-8-16-10-15(13-29-16)19-12-14(22(24)25-19)11-18(23)17-6-4-5-7-20(17)27;1-2/h3-7,11-12,15-16,25,27H,1,8-10,13,23-24H2,2H3;1-2H3/b18-11-;. The summed E-state index contributed by atoms with van der Waals surface area (Å²) in [7, 11) is 1.76. The number of anilines is 1. The van der Waals surface area contributed by atoms with Gasteiger partial charge in [-0.1, -0.05) is 32.6 Å². The fraction of sp³-hybridized carbons (Fsp3) is 0.375. The Bertz CT molecular complexity index is 919. The summed E-state index contributed by atoms with van der Waals surface area (Å²) in [5, 5.41) is 9.97. The average Bonchev–Trinajstić information content (AvgIpc) is 3.40. The summed E-state index contributed by atoms with van der Waals surface area (Å²) in [6, 6.07) is 8.90. The lowest BCUT2D eigenvalue weighted by molar-refractivity contribution is -0.125. The van der Waals surface area contributed by atoms with Gasteiger partial charge in [-0.3, -0.25) is 4.79 Å². The van der Waals surface area contributed by atoms with Crippen molar-refractivity contribution in [2.45, 2.75) is 38.7 Å². The van der Waals surface area contributed by atoms with Gasteiger partial charge in [0.15, 0.2) is 0 Å². The number of benzene rings is 1. The molecule has 3 rings (SSSR count). The fourth-order valence-electron chi connectivity index (χ4n) is 3.54. The molecule has 6 N–H and O–H groups in total. The Morgan fingerprint density at radius 1 is 1.39 bits per heavy atom. The zero-order valence-corrected chi connectivity index (χ0v) is 18.6. The molecule has 0 spiro atoms. The summed E-state index contributed by atoms with van der Waals surface area (Å²) in [5.74, 6) is 0.770. The normalized spacial score (nSPS) is 18.2. The number of nitrogens with two attached hydrogens (primary N) is 2. The van der Waals surface area contributed by atoms with Gasteiger partial charge in [0.2, 0.25) is 5.91 Å². The highest BCUT2D eigenvalue weighted by Gasteiger charge is 2.28. The lowest BCUT2D eigenvalue weighted by Gasteiger charge is -2.17. The predicted octanol–water partition coefficient (Wildman–Crippen LogP) is 3.69. The van der Waals surface area contributed by atoms with Gasteiger partial charge in [0, 0.05) is 42.0 Å². The van der Waals surface area contributed by atoms with E-state index >= 15 is 0 Å². The summed E-state index contributed by atoms with van der Waals surface area (Å²) in [5.41, 5.74) is 15.1. The van der Waals surface area contributed by atoms with Crippen molar-refractivity contribution in [1.82, 2.24) is 9.88 Å². The van der Waals surface area contributed by atoms with E-state index in [4.69, 9.17) is 16.2 Å². The molecular weight excluding hydrogens is 392 g/mol. The molecule has 31 heavy (non-hydrogen) atoms. The van der Waals surface area contributed by atoms with Crippen molar-refractivity contribution in [3.05, 3.63) is 59.8 Å². The molecule has 2 heterocycles. The van der Waals surface area contributed by atoms with Crippen molar-refractivity contribution in [3.8, 4) is 5.75 Å². The highest BCUT2D eigenvalue weighted by atomic mass is 16.5. The van der Waals surface area contributed by atoms with Gasteiger partial charge in [0.05, 0.1) is 12.7 Å². The Balaban J connectivity index is 0.00000166. The first kappa shape index (κ1) is 24.1. The van der Waals surface area contributed by atoms with E-state index in [0.717, 1.165) is 24.1 Å². The summed E-state index contributed by atoms with van der Waals surface area (Å²) < 4.78 is 5.90. The van der Waals surface area contributed by atoms with E-state index < -0.39 is 0 Å². The van der Waals surface area contributed by atoms with E-state index in [9.17, 15) is 9.90 Å². The second-order valence-electron chi connectivity index (χ2n) is 7.35. The van der Waals surface area contributed by atoms with Gasteiger partial charge >= 0.3 is 0 Å². The number of likely N-dealkylation sites (N-methyl/N-ethyl adjacent to an activating group) is 1. The maximum absolute atomic E-state index is 11.6. The van der Waals surface area contributed by atoms with Crippen LogP contribution in [0.15, 0.2) is 43.0 Å². The quantitative estimate of drug-likeness (QED) is 0.504. The van der Waals surface area contributed by atoms with E-state index in [-0.39, 0.29) is 23.7 Å². The number of ether oxygens (including phenoxy) is 1. The molecule has 0 aliphatic carbocycles. The van der Waals surface area contributed by atoms with Gasteiger partial charge in [-0.05, 0) is 43.2 Å². The van der Waals surface area contributed by atoms with Crippen LogP contribution >= 0.6 is 0 Å². The number of phenols is 1. The first-order chi connectivity index (χ1) is 14.9. The molecule has 1 aliphatic rings. The third kappa shape index (κ3) is 6.15. The van der Waals surface area contributed by atoms with Gasteiger partial charge in [-0.2, -0.15) is 0 Å². The third-order valence-electron chi connectivity index (χ3n) is 5.28. The molecule has 2 aromatic rings. The van der Waals surface area contributed by atoms with Crippen LogP contribution in [-0.2, 0) is 9.53 Å². The number of hydrogen-bond acceptors (Lipinski definition) is 5. The van der Waals surface area contributed by atoms with Gasteiger partial charge in [0.25, 0.3) is 0 Å². The fourth-order valence-corrected chi connectivity index (χ4v) is 3.54. The predicted molar refractivity (Wildman–Crippen MR) is 126 cm³/mol. The summed E-state index contributed by atoms with van der Waals surface area (Å²) in [6.07, 6.45) is 4.79. The smallest absolute Gasteiger partial charge is 0.245 e. The van der Waals surface area contributed by atoms with Crippen molar-refractivity contribution < 1.29 is 14.6 Å². The lowest BCUT2D eigenvalue weighted by Crippen LogP contribution is -2.28. The van der Waals surface area contributed by atoms with E-state index in [0.29, 0.717) is 30.2 Å². The minimum Gasteiger partial charge on any atom is -0.507 e. The minimum absolute atomic E-state index is 0.0878. The number of carbonyl (C=O) groups excluding carboxylic acids is 1. The molecule has 7 nitrogen and oxygen atoms in total. The van der Waals surface area contributed by atoms with E-state index in [1.165, 1.54) is 6.08 Å². The van der Waals surface area contributed by atoms with Crippen LogP contribution in [0.3, 0.4) is 0 Å². The van der Waals surface area contributed by atoms with Gasteiger partial charge in [-0.25, -0.2) is 0 Å². The number of rotatable bonds is 7. The van der Waals surface area contributed by atoms with Crippen molar-refractivity contribution in [1.29, 1.82) is 0 Å². The molecule has 2 atom stereocenters. The van der Waals surface area contributed by atoms with E-state index in [2.05, 4.69) is 11.6 Å². The molecule has 1 fully saturated rings. The molecule has 7 heteroatoms. The number of aromatic hydroxyl groups is 1. The highest BCUT2D eigenvalue weighted by Crippen LogP contribution is 2.33. The van der Waals surface area contributed by atoms with Crippen molar-refractivity contribution in [2.24, 2.45) is 5.73 Å². The maximum atomic E-state index is 11.6. The number of aromatic nitrogens is 1. The molecule has 168 valence electrons. The number of hydrogen-bond donors (Lipinski definition) is 4. The van der Waals surface area contributed by atoms with Crippen molar-refractivity contribution in [2.75, 3.05) is 25.9 Å². The molecule has 1 saturated heterocycles. The van der Waals surface area contributed by atoms with E-state index in [1.54, 1.807) is 36.2 Å². The van der Waals surface area contributed by atoms with Gasteiger partial charge in [-0.15, -0.1) is 0 Å². The highest BCUT2D eigenvalue weighted by molar-refractivity contribution is 5.86. The minimum atomic E-state index is -0.0878. The lowest BCUT2D eigenvalue weighted by atomic mass is 10.00. The number of nitrogen functional groups attached to an aromatic ring is 1. The Kier molecular flexibility index (Phi) is 8.75. The summed E-state index contributed by atoms with van der Waals surface area (Å²) >= 11 is 0. The van der Waals surface area contributed by atoms with Gasteiger partial charge < -0.3 is 31.2 Å². The zero-order chi connectivity index (χ0) is 23.0. The number of carbonyl (C=O) groups is 1. The van der Waals surface area contributed by atoms with E-state index in [1.807, 2.05) is 26.0 Å². The average molecular weight is 427 g/mol. The number of H-pyrrole nitrogens is 1. The zero-order valence-electron chi connectivity index (χ0n) is 18.6. The number of nitrogens with one attached hydrogen (secondary N) is 1. The molecule has 1 aromatic heterocycles. The molecule has 0 bridgehead atoms. The Morgan fingerprint density at radius 2 is 2.10 bits per heavy atom. The Hall–Kier alpha value is -3.19. The maximum Gasteiger partial charge on any atom is 0.245 e. The first-order valence-corrected chi connectivity index (χ1v) is 10.6. The topological polar surface area (TPSA) is 118 Å². The molecule has 2 unspecified atom stereocenters. The monoisotopic (exact) mass is 426 g/mol. The molecule has 1 aromatic carbocycles. The van der Waals surface area contributed by atoms with Crippen LogP contribution in [0.5, 0.6) is 5.75 Å². The number of phenolic OH excluding ortho intramolecular Hbond substituents is 1. The Labute approximate surface area is 184 Å². The first-order valence-electron chi connectivity index (χ1n) is 10.6. The molecule has 1 aliphatic heterocycles. The number of aromatic amines is 1. The summed E-state index contributed by atoms with van der Waals surface area (Å²) in [6.45, 7) is 8.73. The molecule has 1 amide bonds. The van der Waals surface area contributed by atoms with Crippen LogP contribution in [0.2, 0.25) is 0 Å². The summed E-state index contributed by atoms with van der Waals surface area (Å²) in [4.78, 5) is 16.4. The second-order valence-corrected chi connectivity index (χ2v) is 7.35. The van der Waals surface area contributed by atoms with Crippen molar-refractivity contribution in [3.63, 3.8) is 0 Å². The largest absolute Gasteiger partial charge is 0.507 e. The number of amides is 1. The number of para-hydroxylation sites is 1. The van der Waals surface area contributed by atoms with Crippen molar-refractivity contribution >= 4 is 23.5 Å². The second kappa shape index (κ2) is 11.3. The molecule has 0 saturated carbocycles. The van der Waals surface area contributed by atoms with Gasteiger partial charge in [0.1, 0.15) is 11.6 Å². The van der Waals surface area contributed by atoms with Crippen LogP contribution in [0.4, 0.5) is 5.82 Å². The number of nitrogens with zero attached hydrogens (tertiary/aromatic N) is 1.